The van der Waals surface area contributed by atoms with Crippen LogP contribution in [0.1, 0.15) is 29.0 Å². The molecule has 0 aromatic heterocycles. The van der Waals surface area contributed by atoms with E-state index >= 15 is 0 Å². The van der Waals surface area contributed by atoms with E-state index in [-0.39, 0.29) is 16.6 Å². The fourth-order valence-electron chi connectivity index (χ4n) is 6.16. The Kier molecular flexibility index (Phi) is 5.02. The smallest absolute Gasteiger partial charge is 0.175 e. The maximum atomic E-state index is 12.5. The first-order valence-corrected chi connectivity index (χ1v) is 14.6. The van der Waals surface area contributed by atoms with Crippen LogP contribution in [0.5, 0.6) is 17.2 Å². The lowest BCUT2D eigenvalue weighted by molar-refractivity contribution is 0.451. The van der Waals surface area contributed by atoms with Crippen molar-refractivity contribution in [3.8, 4) is 17.2 Å². The molecule has 4 aromatic carbocycles. The predicted octanol–water partition coefficient (Wildman–Crippen LogP) is 5.93. The Bertz CT molecular complexity index is 1730. The molecule has 0 aliphatic carbocycles. The van der Waals surface area contributed by atoms with Crippen LogP contribution in [0.3, 0.4) is 0 Å². The highest BCUT2D eigenvalue weighted by Gasteiger charge is 2.45. The lowest BCUT2D eigenvalue weighted by Crippen LogP contribution is -2.33. The fourth-order valence-corrected chi connectivity index (χ4v) is 6.80. The zero-order valence-corrected chi connectivity index (χ0v) is 21.9. The van der Waals surface area contributed by atoms with Gasteiger partial charge in [0.15, 0.2) is 9.84 Å². The zero-order valence-electron chi connectivity index (χ0n) is 21.1. The Morgan fingerprint density at radius 1 is 0.842 bits per heavy atom. The molecule has 1 atom stereocenters. The number of phenols is 1. The number of phenolic OH excluding ortho intramolecular Hbond substituents is 1. The van der Waals surface area contributed by atoms with Crippen molar-refractivity contribution in [3.05, 3.63) is 89.5 Å². The van der Waals surface area contributed by atoms with Gasteiger partial charge >= 0.3 is 0 Å². The number of aromatic hydroxyl groups is 1. The molecule has 0 amide bonds. The van der Waals surface area contributed by atoms with Gasteiger partial charge in [-0.05, 0) is 74.6 Å². The minimum atomic E-state index is -3.48. The van der Waals surface area contributed by atoms with Crippen LogP contribution in [0.4, 0.5) is 28.4 Å². The number of anilines is 5. The third-order valence-corrected chi connectivity index (χ3v) is 8.83. The molecule has 4 aromatic rings. The van der Waals surface area contributed by atoms with E-state index in [9.17, 15) is 13.5 Å². The van der Waals surface area contributed by atoms with Crippen molar-refractivity contribution in [2.75, 3.05) is 36.2 Å². The third kappa shape index (κ3) is 3.20. The van der Waals surface area contributed by atoms with Crippen LogP contribution >= 0.6 is 0 Å². The molecule has 0 saturated carbocycles. The molecule has 0 bridgehead atoms. The van der Waals surface area contributed by atoms with Crippen molar-refractivity contribution >= 4 is 38.3 Å². The van der Waals surface area contributed by atoms with E-state index in [1.807, 2.05) is 48.3 Å². The van der Waals surface area contributed by atoms with Crippen molar-refractivity contribution in [2.24, 2.45) is 0 Å². The maximum Gasteiger partial charge on any atom is 0.175 e. The highest BCUT2D eigenvalue weighted by Crippen LogP contribution is 2.65. The molecular formula is C30H27N3O4S. The molecule has 7 nitrogen and oxygen atoms in total. The summed E-state index contributed by atoms with van der Waals surface area (Å²) in [6.45, 7) is 1.72. The summed E-state index contributed by atoms with van der Waals surface area (Å²) >= 11 is 0. The molecule has 0 radical (unpaired) electrons. The molecule has 8 heteroatoms. The molecule has 0 spiro atoms. The number of ether oxygens (including phenoxy) is 1. The first-order valence-electron chi connectivity index (χ1n) is 12.7. The highest BCUT2D eigenvalue weighted by atomic mass is 32.2. The molecule has 3 aliphatic rings. The van der Waals surface area contributed by atoms with E-state index in [1.165, 1.54) is 18.4 Å². The van der Waals surface area contributed by atoms with E-state index in [0.717, 1.165) is 70.4 Å². The second-order valence-electron chi connectivity index (χ2n) is 9.99. The Morgan fingerprint density at radius 3 is 2.13 bits per heavy atom. The molecular weight excluding hydrogens is 498 g/mol. The van der Waals surface area contributed by atoms with Crippen LogP contribution in [0.25, 0.3) is 0 Å². The van der Waals surface area contributed by atoms with Crippen molar-refractivity contribution in [1.82, 2.24) is 5.32 Å². The lowest BCUT2D eigenvalue weighted by Gasteiger charge is -2.47. The number of nitrogens with zero attached hydrogens (tertiary/aromatic N) is 2. The van der Waals surface area contributed by atoms with E-state index in [2.05, 4.69) is 28.4 Å². The van der Waals surface area contributed by atoms with Gasteiger partial charge in [-0.25, -0.2) is 8.42 Å². The van der Waals surface area contributed by atoms with Crippen LogP contribution in [0.15, 0.2) is 77.7 Å². The average Bonchev–Trinajstić information content (AvgIpc) is 2.90. The van der Waals surface area contributed by atoms with Crippen LogP contribution < -0.4 is 19.9 Å². The van der Waals surface area contributed by atoms with Gasteiger partial charge < -0.3 is 25.0 Å². The number of hydrogen-bond donors (Lipinski definition) is 2. The van der Waals surface area contributed by atoms with Gasteiger partial charge in [0.1, 0.15) is 17.2 Å². The van der Waals surface area contributed by atoms with Crippen LogP contribution in [-0.2, 0) is 9.84 Å². The predicted molar refractivity (Wildman–Crippen MR) is 149 cm³/mol. The largest absolute Gasteiger partial charge is 0.506 e. The van der Waals surface area contributed by atoms with Gasteiger partial charge in [0.25, 0.3) is 0 Å². The van der Waals surface area contributed by atoms with Gasteiger partial charge in [-0.3, -0.25) is 0 Å². The van der Waals surface area contributed by atoms with Crippen LogP contribution in [-0.4, -0.2) is 39.9 Å². The SMILES string of the molecule is CNCCCN1c2cccc3c2C2c4c(cccc4N(c4cc(S(C)(=O)=O)ccc4O)c4cccc1c42)O3. The molecule has 3 heterocycles. The third-order valence-electron chi connectivity index (χ3n) is 7.72. The number of sulfone groups is 1. The Labute approximate surface area is 221 Å². The van der Waals surface area contributed by atoms with Gasteiger partial charge in [-0.2, -0.15) is 0 Å². The number of nitrogens with one attached hydrogen (secondary N) is 1. The summed E-state index contributed by atoms with van der Waals surface area (Å²) in [6, 6.07) is 22.9. The topological polar surface area (TPSA) is 82.1 Å². The van der Waals surface area contributed by atoms with Crippen molar-refractivity contribution in [1.29, 1.82) is 0 Å². The number of benzene rings is 4. The van der Waals surface area contributed by atoms with E-state index < -0.39 is 9.84 Å². The summed E-state index contributed by atoms with van der Waals surface area (Å²) in [7, 11) is -1.52. The van der Waals surface area contributed by atoms with Crippen molar-refractivity contribution < 1.29 is 18.3 Å². The molecule has 3 aliphatic heterocycles. The second kappa shape index (κ2) is 8.24. The molecule has 38 heavy (non-hydrogen) atoms. The second-order valence-corrected chi connectivity index (χ2v) is 12.0. The summed E-state index contributed by atoms with van der Waals surface area (Å²) < 4.78 is 31.4. The first-order chi connectivity index (χ1) is 18.4. The van der Waals surface area contributed by atoms with Gasteiger partial charge in [-0.1, -0.05) is 18.2 Å². The van der Waals surface area contributed by atoms with Crippen LogP contribution in [0, 0.1) is 0 Å². The normalized spacial score (nSPS) is 16.2. The summed E-state index contributed by atoms with van der Waals surface area (Å²) in [5.41, 5.74) is 7.74. The first kappa shape index (κ1) is 23.1. The molecule has 7 rings (SSSR count). The van der Waals surface area contributed by atoms with Gasteiger partial charge in [0, 0.05) is 46.8 Å². The fraction of sp³-hybridized carbons (Fsp3) is 0.200. The van der Waals surface area contributed by atoms with Gasteiger partial charge in [0.2, 0.25) is 0 Å². The molecule has 1 unspecified atom stereocenters. The Balaban J connectivity index is 1.54. The zero-order chi connectivity index (χ0) is 26.2. The maximum absolute atomic E-state index is 12.5. The molecule has 0 saturated heterocycles. The van der Waals surface area contributed by atoms with E-state index in [4.69, 9.17) is 4.74 Å². The van der Waals surface area contributed by atoms with Crippen LogP contribution in [0.2, 0.25) is 0 Å². The quantitative estimate of drug-likeness (QED) is 0.261. The van der Waals surface area contributed by atoms with Gasteiger partial charge in [-0.15, -0.1) is 0 Å². The monoisotopic (exact) mass is 525 g/mol. The minimum Gasteiger partial charge on any atom is -0.506 e. The van der Waals surface area contributed by atoms with Crippen molar-refractivity contribution in [3.63, 3.8) is 0 Å². The molecule has 2 N–H and O–H groups in total. The van der Waals surface area contributed by atoms with Gasteiger partial charge in [0.05, 0.1) is 22.0 Å². The summed E-state index contributed by atoms with van der Waals surface area (Å²) in [5, 5.41) is 14.3. The number of hydrogen-bond acceptors (Lipinski definition) is 7. The Morgan fingerprint density at radius 2 is 1.45 bits per heavy atom. The summed E-state index contributed by atoms with van der Waals surface area (Å²) in [5.74, 6) is 1.59. The van der Waals surface area contributed by atoms with E-state index in [0.29, 0.717) is 5.69 Å². The summed E-state index contributed by atoms with van der Waals surface area (Å²) in [6.07, 6.45) is 2.14. The average molecular weight is 526 g/mol. The summed E-state index contributed by atoms with van der Waals surface area (Å²) in [4.78, 5) is 4.49. The molecule has 192 valence electrons. The molecule has 0 fully saturated rings. The minimum absolute atomic E-state index is 0.00515. The lowest BCUT2D eigenvalue weighted by atomic mass is 9.74. The highest BCUT2D eigenvalue weighted by molar-refractivity contribution is 7.90. The number of rotatable bonds is 6. The standard InChI is InChI=1S/C30H27N3O4S/c1-31-15-6-16-32-19-7-3-9-21-27(19)30-28-20(32)8-4-11-25(28)37-26-12-5-10-22(29(26)30)33(21)23-17-18(38(2,35)36)13-14-24(23)34/h3-5,7-14,17,30-31,34H,6,15-16H2,1-2H3. The Hall–Kier alpha value is -4.01. The van der Waals surface area contributed by atoms with Crippen molar-refractivity contribution in [2.45, 2.75) is 17.2 Å². The van der Waals surface area contributed by atoms with E-state index in [1.54, 1.807) is 6.07 Å².